The molecular weight excluding hydrogens is 240 g/mol. The number of rotatable bonds is 1. The Morgan fingerprint density at radius 3 is 3.00 bits per heavy atom. The molecule has 2 nitrogen and oxygen atoms in total. The van der Waals surface area contributed by atoms with E-state index in [2.05, 4.69) is 45.0 Å². The minimum atomic E-state index is 0.515. The highest BCUT2D eigenvalue weighted by Crippen LogP contribution is 2.28. The summed E-state index contributed by atoms with van der Waals surface area (Å²) in [4.78, 5) is 6.92. The summed E-state index contributed by atoms with van der Waals surface area (Å²) in [6.07, 6.45) is 3.88. The summed E-state index contributed by atoms with van der Waals surface area (Å²) in [7, 11) is 2.19. The van der Waals surface area contributed by atoms with E-state index in [1.54, 1.807) is 0 Å². The van der Waals surface area contributed by atoms with Crippen LogP contribution in [0.25, 0.3) is 0 Å². The summed E-state index contributed by atoms with van der Waals surface area (Å²) >= 11 is 3.42. The van der Waals surface area contributed by atoms with Gasteiger partial charge in [-0.1, -0.05) is 12.5 Å². The zero-order valence-electron chi connectivity index (χ0n) is 8.41. The summed E-state index contributed by atoms with van der Waals surface area (Å²) in [5.74, 6) is 0. The molecule has 0 aliphatic carbocycles. The molecule has 1 aromatic heterocycles. The van der Waals surface area contributed by atoms with Gasteiger partial charge in [-0.05, 0) is 54.5 Å². The van der Waals surface area contributed by atoms with Crippen LogP contribution in [-0.2, 0) is 0 Å². The molecular formula is C11H15BrN2. The number of likely N-dealkylation sites (tertiary alicyclic amines) is 1. The van der Waals surface area contributed by atoms with Crippen molar-refractivity contribution in [3.8, 4) is 0 Å². The van der Waals surface area contributed by atoms with E-state index in [0.29, 0.717) is 6.04 Å². The molecule has 1 saturated heterocycles. The van der Waals surface area contributed by atoms with Crippen molar-refractivity contribution in [2.45, 2.75) is 25.3 Å². The molecule has 1 fully saturated rings. The van der Waals surface area contributed by atoms with E-state index in [-0.39, 0.29) is 0 Å². The lowest BCUT2D eigenvalue weighted by Gasteiger charge is -2.31. The van der Waals surface area contributed by atoms with E-state index in [4.69, 9.17) is 0 Å². The normalized spacial score (nSPS) is 23.7. The van der Waals surface area contributed by atoms with Crippen molar-refractivity contribution in [1.29, 1.82) is 0 Å². The third kappa shape index (κ3) is 2.15. The van der Waals surface area contributed by atoms with E-state index in [1.807, 2.05) is 6.07 Å². The molecule has 0 N–H and O–H groups in total. The van der Waals surface area contributed by atoms with Gasteiger partial charge >= 0.3 is 0 Å². The number of halogens is 1. The van der Waals surface area contributed by atoms with Crippen molar-refractivity contribution in [2.75, 3.05) is 13.6 Å². The van der Waals surface area contributed by atoms with Crippen molar-refractivity contribution in [2.24, 2.45) is 0 Å². The Hall–Kier alpha value is -0.410. The Balaban J connectivity index is 2.20. The first-order valence-electron chi connectivity index (χ1n) is 5.10. The van der Waals surface area contributed by atoms with Gasteiger partial charge in [-0.25, -0.2) is 4.98 Å². The second-order valence-electron chi connectivity index (χ2n) is 3.88. The van der Waals surface area contributed by atoms with Gasteiger partial charge < -0.3 is 0 Å². The van der Waals surface area contributed by atoms with Crippen LogP contribution in [0.4, 0.5) is 0 Å². The SMILES string of the molecule is CN1CCCCC1c1cccc(Br)n1. The molecule has 76 valence electrons. The van der Waals surface area contributed by atoms with Crippen molar-refractivity contribution < 1.29 is 0 Å². The Bertz CT molecular complexity index is 314. The predicted octanol–water partition coefficient (Wildman–Crippen LogP) is 3.00. The van der Waals surface area contributed by atoms with Gasteiger partial charge in [0.05, 0.1) is 11.7 Å². The number of nitrogens with zero attached hydrogens (tertiary/aromatic N) is 2. The smallest absolute Gasteiger partial charge is 0.106 e. The highest BCUT2D eigenvalue weighted by Gasteiger charge is 2.21. The molecule has 1 atom stereocenters. The highest BCUT2D eigenvalue weighted by atomic mass is 79.9. The molecule has 2 rings (SSSR count). The molecule has 0 amide bonds. The summed E-state index contributed by atoms with van der Waals surface area (Å²) < 4.78 is 0.939. The van der Waals surface area contributed by atoms with Crippen molar-refractivity contribution in [3.05, 3.63) is 28.5 Å². The summed E-state index contributed by atoms with van der Waals surface area (Å²) in [5, 5.41) is 0. The standard InChI is InChI=1S/C11H15BrN2/c1-14-8-3-2-6-10(14)9-5-4-7-11(12)13-9/h4-5,7,10H,2-3,6,8H2,1H3. The van der Waals surface area contributed by atoms with Crippen LogP contribution in [0.1, 0.15) is 31.0 Å². The largest absolute Gasteiger partial charge is 0.298 e. The zero-order chi connectivity index (χ0) is 9.97. The van der Waals surface area contributed by atoms with Crippen LogP contribution in [-0.4, -0.2) is 23.5 Å². The van der Waals surface area contributed by atoms with E-state index in [9.17, 15) is 0 Å². The number of pyridine rings is 1. The van der Waals surface area contributed by atoms with Crippen LogP contribution < -0.4 is 0 Å². The Morgan fingerprint density at radius 1 is 1.43 bits per heavy atom. The lowest BCUT2D eigenvalue weighted by atomic mass is 10.00. The van der Waals surface area contributed by atoms with Gasteiger partial charge in [0.1, 0.15) is 4.60 Å². The maximum Gasteiger partial charge on any atom is 0.106 e. The lowest BCUT2D eigenvalue weighted by molar-refractivity contribution is 0.183. The Labute approximate surface area is 93.5 Å². The first-order valence-corrected chi connectivity index (χ1v) is 5.89. The van der Waals surface area contributed by atoms with Gasteiger partial charge in [0.25, 0.3) is 0 Å². The van der Waals surface area contributed by atoms with E-state index >= 15 is 0 Å². The Kier molecular flexibility index (Phi) is 3.19. The maximum absolute atomic E-state index is 4.52. The Morgan fingerprint density at radius 2 is 2.29 bits per heavy atom. The molecule has 2 heterocycles. The average molecular weight is 255 g/mol. The molecule has 0 saturated carbocycles. The van der Waals surface area contributed by atoms with E-state index < -0.39 is 0 Å². The van der Waals surface area contributed by atoms with Gasteiger partial charge in [0, 0.05) is 0 Å². The van der Waals surface area contributed by atoms with Crippen molar-refractivity contribution in [1.82, 2.24) is 9.88 Å². The summed E-state index contributed by atoms with van der Waals surface area (Å²) in [6.45, 7) is 1.19. The topological polar surface area (TPSA) is 16.1 Å². The van der Waals surface area contributed by atoms with Gasteiger partial charge in [-0.3, -0.25) is 4.90 Å². The lowest BCUT2D eigenvalue weighted by Crippen LogP contribution is -2.30. The molecule has 14 heavy (non-hydrogen) atoms. The van der Waals surface area contributed by atoms with Gasteiger partial charge in [0.15, 0.2) is 0 Å². The van der Waals surface area contributed by atoms with Gasteiger partial charge in [0.2, 0.25) is 0 Å². The number of piperidine rings is 1. The van der Waals surface area contributed by atoms with Crippen LogP contribution in [0, 0.1) is 0 Å². The second-order valence-corrected chi connectivity index (χ2v) is 4.69. The van der Waals surface area contributed by atoms with E-state index in [0.717, 1.165) is 4.60 Å². The van der Waals surface area contributed by atoms with Crippen LogP contribution in [0.5, 0.6) is 0 Å². The van der Waals surface area contributed by atoms with Crippen LogP contribution in [0.3, 0.4) is 0 Å². The fourth-order valence-electron chi connectivity index (χ4n) is 2.06. The van der Waals surface area contributed by atoms with Crippen LogP contribution in [0.2, 0.25) is 0 Å². The second kappa shape index (κ2) is 4.41. The van der Waals surface area contributed by atoms with Crippen molar-refractivity contribution >= 4 is 15.9 Å². The molecule has 0 radical (unpaired) electrons. The third-order valence-electron chi connectivity index (χ3n) is 2.85. The molecule has 1 aromatic rings. The number of hydrogen-bond donors (Lipinski definition) is 0. The van der Waals surface area contributed by atoms with Gasteiger partial charge in [-0.15, -0.1) is 0 Å². The maximum atomic E-state index is 4.52. The predicted molar refractivity (Wildman–Crippen MR) is 61.2 cm³/mol. The highest BCUT2D eigenvalue weighted by molar-refractivity contribution is 9.10. The summed E-state index contributed by atoms with van der Waals surface area (Å²) in [5.41, 5.74) is 1.20. The molecule has 0 spiro atoms. The van der Waals surface area contributed by atoms with E-state index in [1.165, 1.54) is 31.5 Å². The average Bonchev–Trinajstić information content (AvgIpc) is 2.18. The number of aromatic nitrogens is 1. The molecule has 0 bridgehead atoms. The minimum absolute atomic E-state index is 0.515. The minimum Gasteiger partial charge on any atom is -0.298 e. The molecule has 0 aromatic carbocycles. The molecule has 1 aliphatic rings. The fourth-order valence-corrected chi connectivity index (χ4v) is 2.42. The number of hydrogen-bond acceptors (Lipinski definition) is 2. The van der Waals surface area contributed by atoms with Crippen LogP contribution >= 0.6 is 15.9 Å². The van der Waals surface area contributed by atoms with Crippen LogP contribution in [0.15, 0.2) is 22.8 Å². The molecule has 3 heteroatoms. The first kappa shape index (κ1) is 10.1. The molecule has 1 aliphatic heterocycles. The monoisotopic (exact) mass is 254 g/mol. The van der Waals surface area contributed by atoms with Gasteiger partial charge in [-0.2, -0.15) is 0 Å². The van der Waals surface area contributed by atoms with Crippen molar-refractivity contribution in [3.63, 3.8) is 0 Å². The zero-order valence-corrected chi connectivity index (χ0v) is 10.00. The summed E-state index contributed by atoms with van der Waals surface area (Å²) in [6, 6.07) is 6.68. The fraction of sp³-hybridized carbons (Fsp3) is 0.545. The quantitative estimate of drug-likeness (QED) is 0.717. The first-order chi connectivity index (χ1) is 6.77. The third-order valence-corrected chi connectivity index (χ3v) is 3.29. The molecule has 1 unspecified atom stereocenters.